The Morgan fingerprint density at radius 3 is 2.67 bits per heavy atom. The molecule has 144 valence electrons. The molecule has 1 aromatic carbocycles. The molecule has 1 aromatic heterocycles. The second-order valence-electron chi connectivity index (χ2n) is 6.63. The molecule has 1 fully saturated rings. The van der Waals surface area contributed by atoms with Gasteiger partial charge in [-0.15, -0.1) is 0 Å². The molecule has 0 radical (unpaired) electrons. The van der Waals surface area contributed by atoms with Crippen molar-refractivity contribution in [2.45, 2.75) is 19.5 Å². The minimum absolute atomic E-state index is 0.149. The van der Waals surface area contributed by atoms with E-state index in [4.69, 9.17) is 9.15 Å². The zero-order valence-electron chi connectivity index (χ0n) is 15.7. The predicted molar refractivity (Wildman–Crippen MR) is 102 cm³/mol. The van der Waals surface area contributed by atoms with Gasteiger partial charge in [-0.05, 0) is 24.6 Å². The maximum Gasteiger partial charge on any atom is 0.255 e. The van der Waals surface area contributed by atoms with Crippen LogP contribution in [-0.2, 0) is 16.1 Å². The highest BCUT2D eigenvalue weighted by Gasteiger charge is 2.22. The summed E-state index contributed by atoms with van der Waals surface area (Å²) in [6.45, 7) is 5.25. The van der Waals surface area contributed by atoms with Crippen molar-refractivity contribution >= 4 is 17.5 Å². The van der Waals surface area contributed by atoms with Gasteiger partial charge in [-0.2, -0.15) is 0 Å². The van der Waals surface area contributed by atoms with Crippen LogP contribution in [0.4, 0.5) is 5.69 Å². The Kier molecular flexibility index (Phi) is 6.13. The van der Waals surface area contributed by atoms with Gasteiger partial charge in [0.2, 0.25) is 5.91 Å². The highest BCUT2D eigenvalue weighted by molar-refractivity contribution is 5.97. The van der Waals surface area contributed by atoms with Gasteiger partial charge in [-0.25, -0.2) is 0 Å². The first-order valence-electron chi connectivity index (χ1n) is 9.05. The molecule has 0 spiro atoms. The molecule has 1 unspecified atom stereocenters. The van der Waals surface area contributed by atoms with E-state index in [2.05, 4.69) is 16.3 Å². The van der Waals surface area contributed by atoms with Crippen LogP contribution in [0.1, 0.15) is 22.8 Å². The van der Waals surface area contributed by atoms with E-state index in [9.17, 15) is 9.59 Å². The lowest BCUT2D eigenvalue weighted by atomic mass is 10.1. The molecule has 0 bridgehead atoms. The molecule has 7 nitrogen and oxygen atoms in total. The number of nitrogens with zero attached hydrogens (tertiary/aromatic N) is 2. The molecule has 2 heterocycles. The number of hydrogen-bond donors (Lipinski definition) is 1. The van der Waals surface area contributed by atoms with Crippen molar-refractivity contribution in [2.24, 2.45) is 0 Å². The number of carbonyl (C=O) groups excluding carboxylic acids is 2. The Balaban J connectivity index is 1.63. The Morgan fingerprint density at radius 1 is 1.22 bits per heavy atom. The number of likely N-dealkylation sites (N-methyl/N-ethyl adjacent to an activating group) is 1. The van der Waals surface area contributed by atoms with Crippen molar-refractivity contribution in [1.82, 2.24) is 10.2 Å². The smallest absolute Gasteiger partial charge is 0.255 e. The van der Waals surface area contributed by atoms with E-state index >= 15 is 0 Å². The van der Waals surface area contributed by atoms with Gasteiger partial charge in [0.15, 0.2) is 0 Å². The van der Waals surface area contributed by atoms with Gasteiger partial charge in [0, 0.05) is 32.4 Å². The molecular formula is C20H25N3O4. The second-order valence-corrected chi connectivity index (χ2v) is 6.63. The standard InChI is InChI=1S/C20H25N3O4/c1-15(21-19(24)17-7-10-27-14-17)20(25)22(2)13-16-5-3-4-6-18(16)23-8-11-26-12-9-23/h3-7,10,14-15H,8-9,11-13H2,1-2H3,(H,21,24). The van der Waals surface area contributed by atoms with Crippen LogP contribution in [0.25, 0.3) is 0 Å². The lowest BCUT2D eigenvalue weighted by Gasteiger charge is -2.31. The Hall–Kier alpha value is -2.80. The Morgan fingerprint density at radius 2 is 1.96 bits per heavy atom. The molecule has 7 heteroatoms. The second kappa shape index (κ2) is 8.73. The summed E-state index contributed by atoms with van der Waals surface area (Å²) in [7, 11) is 1.75. The van der Waals surface area contributed by atoms with Crippen molar-refractivity contribution in [3.63, 3.8) is 0 Å². The Labute approximate surface area is 158 Å². The number of amides is 2. The molecule has 0 aliphatic carbocycles. The van der Waals surface area contributed by atoms with Gasteiger partial charge in [0.1, 0.15) is 12.3 Å². The first-order chi connectivity index (χ1) is 13.1. The summed E-state index contributed by atoms with van der Waals surface area (Å²) in [5.74, 6) is -0.477. The summed E-state index contributed by atoms with van der Waals surface area (Å²) in [5.41, 5.74) is 2.59. The van der Waals surface area contributed by atoms with Crippen LogP contribution in [0.5, 0.6) is 0 Å². The highest BCUT2D eigenvalue weighted by Crippen LogP contribution is 2.22. The fourth-order valence-electron chi connectivity index (χ4n) is 3.16. The van der Waals surface area contributed by atoms with Crippen LogP contribution in [0.15, 0.2) is 47.3 Å². The fraction of sp³-hybridized carbons (Fsp3) is 0.400. The van der Waals surface area contributed by atoms with E-state index in [-0.39, 0.29) is 11.8 Å². The number of hydrogen-bond acceptors (Lipinski definition) is 5. The van der Waals surface area contributed by atoms with Crippen LogP contribution in [0.2, 0.25) is 0 Å². The predicted octanol–water partition coefficient (Wildman–Crippen LogP) is 1.89. The first kappa shape index (κ1) is 19.0. The molecule has 1 N–H and O–H groups in total. The summed E-state index contributed by atoms with van der Waals surface area (Å²) in [6.07, 6.45) is 2.78. The number of benzene rings is 1. The third-order valence-corrected chi connectivity index (χ3v) is 4.63. The molecule has 0 saturated carbocycles. The van der Waals surface area contributed by atoms with Gasteiger partial charge in [0.25, 0.3) is 5.91 Å². The molecule has 2 aromatic rings. The van der Waals surface area contributed by atoms with Gasteiger partial charge in [-0.3, -0.25) is 9.59 Å². The number of rotatable bonds is 6. The number of anilines is 1. The minimum Gasteiger partial charge on any atom is -0.472 e. The average molecular weight is 371 g/mol. The quantitative estimate of drug-likeness (QED) is 0.839. The van der Waals surface area contributed by atoms with E-state index < -0.39 is 6.04 Å². The number of para-hydroxylation sites is 1. The summed E-state index contributed by atoms with van der Waals surface area (Å²) in [5, 5.41) is 2.71. The number of ether oxygens (including phenoxy) is 1. The maximum atomic E-state index is 12.7. The lowest BCUT2D eigenvalue weighted by molar-refractivity contribution is -0.132. The maximum absolute atomic E-state index is 12.7. The van der Waals surface area contributed by atoms with Gasteiger partial charge < -0.3 is 24.3 Å². The SMILES string of the molecule is CC(NC(=O)c1ccoc1)C(=O)N(C)Cc1ccccc1N1CCOCC1. The van der Waals surface area contributed by atoms with E-state index in [1.165, 1.54) is 12.5 Å². The van der Waals surface area contributed by atoms with Crippen LogP contribution in [0, 0.1) is 0 Å². The number of furan rings is 1. The van der Waals surface area contributed by atoms with Gasteiger partial charge in [0.05, 0.1) is 25.0 Å². The normalized spacial score (nSPS) is 15.3. The molecule has 27 heavy (non-hydrogen) atoms. The first-order valence-corrected chi connectivity index (χ1v) is 9.05. The zero-order chi connectivity index (χ0) is 19.2. The fourth-order valence-corrected chi connectivity index (χ4v) is 3.16. The van der Waals surface area contributed by atoms with Gasteiger partial charge in [-0.1, -0.05) is 18.2 Å². The molecular weight excluding hydrogens is 346 g/mol. The van der Waals surface area contributed by atoms with Crippen LogP contribution in [0.3, 0.4) is 0 Å². The van der Waals surface area contributed by atoms with Crippen molar-refractivity contribution in [3.8, 4) is 0 Å². The van der Waals surface area contributed by atoms with Crippen molar-refractivity contribution in [2.75, 3.05) is 38.3 Å². The molecule has 1 aliphatic rings. The average Bonchev–Trinajstić information content (AvgIpc) is 3.23. The van der Waals surface area contributed by atoms with E-state index in [1.807, 2.05) is 18.2 Å². The monoisotopic (exact) mass is 371 g/mol. The van der Waals surface area contributed by atoms with Crippen LogP contribution < -0.4 is 10.2 Å². The van der Waals surface area contributed by atoms with Gasteiger partial charge >= 0.3 is 0 Å². The highest BCUT2D eigenvalue weighted by atomic mass is 16.5. The van der Waals surface area contributed by atoms with Crippen molar-refractivity contribution < 1.29 is 18.7 Å². The summed E-state index contributed by atoms with van der Waals surface area (Å²) in [6, 6.07) is 9.01. The van der Waals surface area contributed by atoms with E-state index in [0.717, 1.165) is 24.3 Å². The number of morpholine rings is 1. The molecule has 1 saturated heterocycles. The lowest BCUT2D eigenvalue weighted by Crippen LogP contribution is -2.45. The molecule has 2 amide bonds. The third-order valence-electron chi connectivity index (χ3n) is 4.63. The Bertz CT molecular complexity index is 769. The van der Waals surface area contributed by atoms with Crippen LogP contribution in [-0.4, -0.2) is 56.1 Å². The summed E-state index contributed by atoms with van der Waals surface area (Å²) < 4.78 is 10.3. The minimum atomic E-state index is -0.632. The topological polar surface area (TPSA) is 75.0 Å². The summed E-state index contributed by atoms with van der Waals surface area (Å²) >= 11 is 0. The van der Waals surface area contributed by atoms with Crippen LogP contribution >= 0.6 is 0 Å². The van der Waals surface area contributed by atoms with Crippen molar-refractivity contribution in [1.29, 1.82) is 0 Å². The largest absolute Gasteiger partial charge is 0.472 e. The molecule has 1 atom stereocenters. The molecule has 3 rings (SSSR count). The summed E-state index contributed by atoms with van der Waals surface area (Å²) in [4.78, 5) is 28.7. The van der Waals surface area contributed by atoms with Crippen molar-refractivity contribution in [3.05, 3.63) is 54.0 Å². The van der Waals surface area contributed by atoms with E-state index in [1.54, 1.807) is 24.9 Å². The zero-order valence-corrected chi connectivity index (χ0v) is 15.7. The number of nitrogens with one attached hydrogen (secondary N) is 1. The number of carbonyl (C=O) groups is 2. The molecule has 1 aliphatic heterocycles. The van der Waals surface area contributed by atoms with E-state index in [0.29, 0.717) is 25.3 Å². The third kappa shape index (κ3) is 4.68.